The Morgan fingerprint density at radius 2 is 1.95 bits per heavy atom. The molecule has 3 rings (SSSR count). The summed E-state index contributed by atoms with van der Waals surface area (Å²) < 4.78 is 0. The van der Waals surface area contributed by atoms with Crippen molar-refractivity contribution < 1.29 is 4.79 Å². The van der Waals surface area contributed by atoms with Crippen LogP contribution in [0.15, 0.2) is 48.7 Å². The highest BCUT2D eigenvalue weighted by atomic mass is 35.5. The highest BCUT2D eigenvalue weighted by Crippen LogP contribution is 2.28. The van der Waals surface area contributed by atoms with Crippen molar-refractivity contribution in [3.8, 4) is 0 Å². The maximum Gasteiger partial charge on any atom is 0.272 e. The molecule has 0 radical (unpaired) electrons. The minimum atomic E-state index is 0.0291. The van der Waals surface area contributed by atoms with Crippen LogP contribution in [0.5, 0.6) is 0 Å². The molecule has 1 fully saturated rings. The molecule has 0 bridgehead atoms. The van der Waals surface area contributed by atoms with Gasteiger partial charge >= 0.3 is 0 Å². The lowest BCUT2D eigenvalue weighted by molar-refractivity contribution is 0.0748. The predicted octanol–water partition coefficient (Wildman–Crippen LogP) is 4.14. The first-order chi connectivity index (χ1) is 10.7. The average molecular weight is 315 g/mol. The van der Waals surface area contributed by atoms with Gasteiger partial charge in [0.05, 0.1) is 0 Å². The van der Waals surface area contributed by atoms with Crippen molar-refractivity contribution in [1.29, 1.82) is 0 Å². The van der Waals surface area contributed by atoms with Gasteiger partial charge in [0.15, 0.2) is 0 Å². The third-order valence-corrected chi connectivity index (χ3v) is 4.44. The second-order valence-electron chi connectivity index (χ2n) is 5.71. The molecule has 1 aliphatic heterocycles. The molecule has 2 aromatic rings. The van der Waals surface area contributed by atoms with Crippen molar-refractivity contribution in [3.63, 3.8) is 0 Å². The molecular formula is C18H19ClN2O. The highest BCUT2D eigenvalue weighted by molar-refractivity contribution is 6.30. The number of aromatic nitrogens is 1. The van der Waals surface area contributed by atoms with Crippen LogP contribution >= 0.6 is 11.6 Å². The van der Waals surface area contributed by atoms with Crippen LogP contribution in [0.4, 0.5) is 0 Å². The van der Waals surface area contributed by atoms with Crippen molar-refractivity contribution >= 4 is 17.5 Å². The second-order valence-corrected chi connectivity index (χ2v) is 6.15. The summed E-state index contributed by atoms with van der Waals surface area (Å²) in [6.07, 6.45) is 4.96. The van der Waals surface area contributed by atoms with Crippen molar-refractivity contribution in [2.24, 2.45) is 0 Å². The molecule has 0 spiro atoms. The molecule has 1 atom stereocenters. The largest absolute Gasteiger partial charge is 0.337 e. The number of halogens is 1. The number of hydrogen-bond acceptors (Lipinski definition) is 2. The van der Waals surface area contributed by atoms with Crippen molar-refractivity contribution in [2.45, 2.75) is 25.2 Å². The zero-order chi connectivity index (χ0) is 15.4. The van der Waals surface area contributed by atoms with Gasteiger partial charge in [-0.25, -0.2) is 0 Å². The first-order valence-electron chi connectivity index (χ1n) is 7.70. The Balaban J connectivity index is 1.78. The highest BCUT2D eigenvalue weighted by Gasteiger charge is 2.24. The van der Waals surface area contributed by atoms with Gasteiger partial charge in [-0.15, -0.1) is 0 Å². The van der Waals surface area contributed by atoms with Crippen LogP contribution in [0.2, 0.25) is 5.02 Å². The monoisotopic (exact) mass is 314 g/mol. The molecule has 1 unspecified atom stereocenters. The summed E-state index contributed by atoms with van der Waals surface area (Å²) in [5, 5.41) is 0.749. The topological polar surface area (TPSA) is 33.2 Å². The minimum Gasteiger partial charge on any atom is -0.337 e. The van der Waals surface area contributed by atoms with E-state index in [-0.39, 0.29) is 5.91 Å². The Morgan fingerprint density at radius 3 is 2.68 bits per heavy atom. The lowest BCUT2D eigenvalue weighted by Crippen LogP contribution is -2.34. The molecule has 0 aliphatic carbocycles. The van der Waals surface area contributed by atoms with Crippen molar-refractivity contribution in [2.75, 3.05) is 13.1 Å². The van der Waals surface area contributed by atoms with E-state index in [2.05, 4.69) is 17.1 Å². The molecule has 2 heterocycles. The Labute approximate surface area is 135 Å². The fourth-order valence-corrected chi connectivity index (χ4v) is 3.11. The van der Waals surface area contributed by atoms with Gasteiger partial charge in [-0.1, -0.05) is 36.2 Å². The van der Waals surface area contributed by atoms with E-state index in [0.717, 1.165) is 37.4 Å². The summed E-state index contributed by atoms with van der Waals surface area (Å²) in [6.45, 7) is 1.55. The maximum absolute atomic E-state index is 12.6. The number of amides is 1. The fourth-order valence-electron chi connectivity index (χ4n) is 2.98. The van der Waals surface area contributed by atoms with Crippen molar-refractivity contribution in [1.82, 2.24) is 9.88 Å². The van der Waals surface area contributed by atoms with E-state index < -0.39 is 0 Å². The van der Waals surface area contributed by atoms with E-state index in [9.17, 15) is 4.79 Å². The lowest BCUT2D eigenvalue weighted by Gasteiger charge is -2.24. The fraction of sp³-hybridized carbons (Fsp3) is 0.333. The van der Waals surface area contributed by atoms with Crippen LogP contribution in [-0.4, -0.2) is 28.9 Å². The first-order valence-corrected chi connectivity index (χ1v) is 8.07. The van der Waals surface area contributed by atoms with Gasteiger partial charge in [0.1, 0.15) is 5.69 Å². The van der Waals surface area contributed by atoms with Gasteiger partial charge in [-0.3, -0.25) is 9.78 Å². The number of pyridine rings is 1. The average Bonchev–Trinajstić information content (AvgIpc) is 2.82. The van der Waals surface area contributed by atoms with Gasteiger partial charge in [0, 0.05) is 30.2 Å². The molecule has 0 N–H and O–H groups in total. The molecule has 1 aromatic heterocycles. The van der Waals surface area contributed by atoms with Crippen LogP contribution < -0.4 is 0 Å². The minimum absolute atomic E-state index is 0.0291. The summed E-state index contributed by atoms with van der Waals surface area (Å²) in [5.74, 6) is 0.397. The van der Waals surface area contributed by atoms with Crippen LogP contribution in [0, 0.1) is 0 Å². The van der Waals surface area contributed by atoms with Gasteiger partial charge < -0.3 is 4.90 Å². The van der Waals surface area contributed by atoms with E-state index in [0.29, 0.717) is 11.6 Å². The molecule has 0 saturated carbocycles. The third kappa shape index (κ3) is 3.47. The molecule has 1 amide bonds. The summed E-state index contributed by atoms with van der Waals surface area (Å²) in [5.41, 5.74) is 1.78. The van der Waals surface area contributed by atoms with Crippen LogP contribution in [-0.2, 0) is 0 Å². The summed E-state index contributed by atoms with van der Waals surface area (Å²) in [4.78, 5) is 18.8. The number of rotatable bonds is 2. The molecular weight excluding hydrogens is 296 g/mol. The summed E-state index contributed by atoms with van der Waals surface area (Å²) in [6, 6.07) is 13.5. The van der Waals surface area contributed by atoms with E-state index in [1.165, 1.54) is 5.56 Å². The smallest absolute Gasteiger partial charge is 0.272 e. The van der Waals surface area contributed by atoms with Gasteiger partial charge in [-0.2, -0.15) is 0 Å². The quantitative estimate of drug-likeness (QED) is 0.834. The lowest BCUT2D eigenvalue weighted by atomic mass is 9.94. The second kappa shape index (κ2) is 6.93. The maximum atomic E-state index is 12.6. The molecule has 22 heavy (non-hydrogen) atoms. The molecule has 114 valence electrons. The Morgan fingerprint density at radius 1 is 1.14 bits per heavy atom. The van der Waals surface area contributed by atoms with E-state index in [4.69, 9.17) is 11.6 Å². The first kappa shape index (κ1) is 15.0. The Kier molecular flexibility index (Phi) is 4.74. The van der Waals surface area contributed by atoms with E-state index in [1.807, 2.05) is 29.2 Å². The van der Waals surface area contributed by atoms with Gasteiger partial charge in [-0.05, 0) is 42.7 Å². The Hall–Kier alpha value is -1.87. The van der Waals surface area contributed by atoms with E-state index >= 15 is 0 Å². The number of carbonyl (C=O) groups excluding carboxylic acids is 1. The molecule has 1 aromatic carbocycles. The number of hydrogen-bond donors (Lipinski definition) is 0. The SMILES string of the molecule is O=C(c1ccccn1)N1CCCCC(c2ccc(Cl)cc2)C1. The van der Waals surface area contributed by atoms with Gasteiger partial charge in [0.25, 0.3) is 5.91 Å². The van der Waals surface area contributed by atoms with Gasteiger partial charge in [0.2, 0.25) is 0 Å². The number of likely N-dealkylation sites (tertiary alicyclic amines) is 1. The van der Waals surface area contributed by atoms with Crippen LogP contribution in [0.1, 0.15) is 41.2 Å². The standard InChI is InChI=1S/C18H19ClN2O/c19-16-9-7-14(8-10-16)15-5-2-4-12-21(13-15)18(22)17-6-1-3-11-20-17/h1,3,6-11,15H,2,4-5,12-13H2. The molecule has 3 nitrogen and oxygen atoms in total. The molecule has 1 aliphatic rings. The number of carbonyl (C=O) groups is 1. The van der Waals surface area contributed by atoms with Crippen LogP contribution in [0.25, 0.3) is 0 Å². The normalized spacial score (nSPS) is 18.8. The predicted molar refractivity (Wildman–Crippen MR) is 88.2 cm³/mol. The van der Waals surface area contributed by atoms with Crippen molar-refractivity contribution in [3.05, 3.63) is 64.9 Å². The Bertz CT molecular complexity index is 627. The molecule has 1 saturated heterocycles. The summed E-state index contributed by atoms with van der Waals surface area (Å²) in [7, 11) is 0. The van der Waals surface area contributed by atoms with E-state index in [1.54, 1.807) is 12.3 Å². The third-order valence-electron chi connectivity index (χ3n) is 4.18. The molecule has 4 heteroatoms. The van der Waals surface area contributed by atoms with Crippen LogP contribution in [0.3, 0.4) is 0 Å². The summed E-state index contributed by atoms with van der Waals surface area (Å²) >= 11 is 5.97. The number of nitrogens with zero attached hydrogens (tertiary/aromatic N) is 2. The zero-order valence-electron chi connectivity index (χ0n) is 12.4. The zero-order valence-corrected chi connectivity index (χ0v) is 13.2. The number of benzene rings is 1.